The average Bonchev–Trinajstić information content (AvgIpc) is 2.79. The first-order valence-electron chi connectivity index (χ1n) is 7.84. The highest BCUT2D eigenvalue weighted by Crippen LogP contribution is 2.52. The predicted octanol–water partition coefficient (Wildman–Crippen LogP) is 1.50. The van der Waals surface area contributed by atoms with Crippen LogP contribution in [0.25, 0.3) is 0 Å². The Balaban J connectivity index is 2.42. The Morgan fingerprint density at radius 2 is 1.96 bits per heavy atom. The molecule has 25 heavy (non-hydrogen) atoms. The molecule has 3 rings (SSSR count). The number of hydrogen-bond donors (Lipinski definition) is 2. The van der Waals surface area contributed by atoms with E-state index in [0.29, 0.717) is 11.3 Å². The maximum atomic E-state index is 13.0. The number of rotatable bonds is 3. The van der Waals surface area contributed by atoms with E-state index in [9.17, 15) is 14.4 Å². The molecule has 1 spiro atoms. The van der Waals surface area contributed by atoms with Crippen LogP contribution < -0.4 is 11.1 Å². The molecular formula is C18H18N2O5. The molecule has 0 saturated heterocycles. The van der Waals surface area contributed by atoms with Crippen LogP contribution in [-0.2, 0) is 29.3 Å². The topological polar surface area (TPSA) is 108 Å². The summed E-state index contributed by atoms with van der Waals surface area (Å²) < 4.78 is 10.4. The van der Waals surface area contributed by atoms with Crippen molar-refractivity contribution in [1.29, 1.82) is 0 Å². The number of ketones is 1. The lowest BCUT2D eigenvalue weighted by molar-refractivity contribution is -0.146. The van der Waals surface area contributed by atoms with Crippen molar-refractivity contribution < 1.29 is 23.9 Å². The van der Waals surface area contributed by atoms with Gasteiger partial charge in [-0.1, -0.05) is 18.2 Å². The highest BCUT2D eigenvalue weighted by atomic mass is 16.5. The van der Waals surface area contributed by atoms with Crippen LogP contribution in [0.4, 0.5) is 5.69 Å². The normalized spacial score (nSPS) is 21.8. The number of ether oxygens (including phenoxy) is 2. The van der Waals surface area contributed by atoms with E-state index in [0.717, 1.165) is 0 Å². The molecule has 0 unspecified atom stereocenters. The van der Waals surface area contributed by atoms with Gasteiger partial charge in [0.25, 0.3) is 0 Å². The van der Waals surface area contributed by atoms with Gasteiger partial charge in [-0.25, -0.2) is 9.59 Å². The number of benzene rings is 1. The van der Waals surface area contributed by atoms with Gasteiger partial charge in [-0.3, -0.25) is 4.79 Å². The molecule has 2 aliphatic heterocycles. The number of nitrogens with two attached hydrogens (primary N) is 1. The van der Waals surface area contributed by atoms with Crippen LogP contribution >= 0.6 is 0 Å². The highest BCUT2D eigenvalue weighted by molar-refractivity contribution is 6.16. The van der Waals surface area contributed by atoms with Gasteiger partial charge in [0.15, 0.2) is 11.2 Å². The number of carbonyl (C=O) groups is 3. The second-order valence-electron chi connectivity index (χ2n) is 5.81. The molecule has 7 heteroatoms. The number of Topliss-reactive ketones (excluding diaryl/α,β-unsaturated/α-hetero) is 1. The van der Waals surface area contributed by atoms with Crippen molar-refractivity contribution in [2.75, 3.05) is 11.9 Å². The van der Waals surface area contributed by atoms with Crippen molar-refractivity contribution in [2.45, 2.75) is 26.2 Å². The Kier molecular flexibility index (Phi) is 3.87. The van der Waals surface area contributed by atoms with Crippen molar-refractivity contribution in [3.63, 3.8) is 0 Å². The van der Waals surface area contributed by atoms with Crippen molar-refractivity contribution >= 4 is 23.4 Å². The smallest absolute Gasteiger partial charge is 0.339 e. The minimum absolute atomic E-state index is 0.0393. The summed E-state index contributed by atoms with van der Waals surface area (Å²) in [5.41, 5.74) is 5.27. The SMILES string of the molecule is CCOC(=O)C1=C(N)Nc2ccccc2[C@@]12C(=O)OC(C)=C2C(C)=O. The summed E-state index contributed by atoms with van der Waals surface area (Å²) in [5, 5.41) is 2.91. The number of anilines is 1. The lowest BCUT2D eigenvalue weighted by Crippen LogP contribution is -2.47. The van der Waals surface area contributed by atoms with Crippen LogP contribution in [0.15, 0.2) is 47.0 Å². The molecule has 2 aliphatic rings. The van der Waals surface area contributed by atoms with Crippen LogP contribution in [-0.4, -0.2) is 24.3 Å². The minimum Gasteiger partial charge on any atom is -0.462 e. The fourth-order valence-corrected chi connectivity index (χ4v) is 3.55. The number of carbonyl (C=O) groups excluding carboxylic acids is 3. The summed E-state index contributed by atoms with van der Waals surface area (Å²) in [6.07, 6.45) is 0. The second-order valence-corrected chi connectivity index (χ2v) is 5.81. The molecule has 3 N–H and O–H groups in total. The Bertz CT molecular complexity index is 868. The third-order valence-electron chi connectivity index (χ3n) is 4.36. The van der Waals surface area contributed by atoms with Gasteiger partial charge in [0, 0.05) is 11.3 Å². The lowest BCUT2D eigenvalue weighted by Gasteiger charge is -2.36. The van der Waals surface area contributed by atoms with Gasteiger partial charge in [-0.05, 0) is 26.8 Å². The fraction of sp³-hybridized carbons (Fsp3) is 0.278. The molecule has 130 valence electrons. The molecule has 0 radical (unpaired) electrons. The third kappa shape index (κ3) is 2.15. The quantitative estimate of drug-likeness (QED) is 0.802. The highest BCUT2D eigenvalue weighted by Gasteiger charge is 2.61. The first kappa shape index (κ1) is 16.8. The summed E-state index contributed by atoms with van der Waals surface area (Å²) in [4.78, 5) is 38.0. The number of nitrogens with one attached hydrogen (secondary N) is 1. The maximum Gasteiger partial charge on any atom is 0.339 e. The van der Waals surface area contributed by atoms with Crippen LogP contribution in [0, 0.1) is 0 Å². The molecule has 0 fully saturated rings. The lowest BCUT2D eigenvalue weighted by atomic mass is 9.66. The molecule has 0 bridgehead atoms. The van der Waals surface area contributed by atoms with E-state index in [4.69, 9.17) is 15.2 Å². The predicted molar refractivity (Wildman–Crippen MR) is 89.1 cm³/mol. The number of allylic oxidation sites excluding steroid dienone is 1. The van der Waals surface area contributed by atoms with Crippen LogP contribution in [0.1, 0.15) is 26.3 Å². The Labute approximate surface area is 144 Å². The zero-order valence-electron chi connectivity index (χ0n) is 14.1. The van der Waals surface area contributed by atoms with Crippen molar-refractivity contribution in [3.05, 3.63) is 52.6 Å². The minimum atomic E-state index is -1.73. The molecule has 0 aromatic heterocycles. The number of fused-ring (bicyclic) bond motifs is 2. The van der Waals surface area contributed by atoms with Gasteiger partial charge < -0.3 is 20.5 Å². The maximum absolute atomic E-state index is 13.0. The summed E-state index contributed by atoms with van der Waals surface area (Å²) in [6.45, 7) is 4.59. The molecule has 7 nitrogen and oxygen atoms in total. The van der Waals surface area contributed by atoms with E-state index >= 15 is 0 Å². The van der Waals surface area contributed by atoms with Crippen molar-refractivity contribution in [2.24, 2.45) is 5.73 Å². The number of esters is 2. The van der Waals surface area contributed by atoms with E-state index in [1.165, 1.54) is 13.8 Å². The van der Waals surface area contributed by atoms with Gasteiger partial charge in [0.1, 0.15) is 17.2 Å². The fourth-order valence-electron chi connectivity index (χ4n) is 3.55. The molecule has 2 heterocycles. The summed E-state index contributed by atoms with van der Waals surface area (Å²) in [5.74, 6) is -1.77. The van der Waals surface area contributed by atoms with E-state index in [-0.39, 0.29) is 35.1 Å². The van der Waals surface area contributed by atoms with Crippen LogP contribution in [0.2, 0.25) is 0 Å². The molecule has 1 aromatic carbocycles. The molecule has 0 saturated carbocycles. The molecule has 1 aromatic rings. The molecule has 0 aliphatic carbocycles. The Morgan fingerprint density at radius 1 is 1.28 bits per heavy atom. The summed E-state index contributed by atoms with van der Waals surface area (Å²) in [6, 6.07) is 6.85. The molecule has 1 atom stereocenters. The number of hydrogen-bond acceptors (Lipinski definition) is 7. The molecular weight excluding hydrogens is 324 g/mol. The monoisotopic (exact) mass is 342 g/mol. The van der Waals surface area contributed by atoms with Gasteiger partial charge >= 0.3 is 11.9 Å². The van der Waals surface area contributed by atoms with Crippen LogP contribution in [0.3, 0.4) is 0 Å². The van der Waals surface area contributed by atoms with Gasteiger partial charge in [-0.2, -0.15) is 0 Å². The largest absolute Gasteiger partial charge is 0.462 e. The number of cyclic esters (lactones) is 1. The van der Waals surface area contributed by atoms with Crippen LogP contribution in [0.5, 0.6) is 0 Å². The standard InChI is InChI=1S/C18H18N2O5/c1-4-24-16(22)14-15(19)20-12-8-6-5-7-11(12)18(14)13(9(2)21)10(3)25-17(18)23/h5-8,20H,4,19H2,1-3H3/t18-/m0/s1. The van der Waals surface area contributed by atoms with E-state index in [1.807, 2.05) is 0 Å². The van der Waals surface area contributed by atoms with Gasteiger partial charge in [0.2, 0.25) is 0 Å². The third-order valence-corrected chi connectivity index (χ3v) is 4.36. The van der Waals surface area contributed by atoms with E-state index in [2.05, 4.69) is 5.32 Å². The zero-order chi connectivity index (χ0) is 18.4. The molecule has 0 amide bonds. The Morgan fingerprint density at radius 3 is 2.60 bits per heavy atom. The Hall–Kier alpha value is -3.09. The summed E-state index contributed by atoms with van der Waals surface area (Å²) >= 11 is 0. The van der Waals surface area contributed by atoms with E-state index in [1.54, 1.807) is 31.2 Å². The second kappa shape index (κ2) is 5.77. The first-order valence-corrected chi connectivity index (χ1v) is 7.84. The zero-order valence-corrected chi connectivity index (χ0v) is 14.1. The van der Waals surface area contributed by atoms with Crippen molar-refractivity contribution in [1.82, 2.24) is 0 Å². The van der Waals surface area contributed by atoms with Gasteiger partial charge in [0.05, 0.1) is 12.2 Å². The van der Waals surface area contributed by atoms with Gasteiger partial charge in [-0.15, -0.1) is 0 Å². The van der Waals surface area contributed by atoms with Crippen molar-refractivity contribution in [3.8, 4) is 0 Å². The number of para-hydroxylation sites is 1. The first-order chi connectivity index (χ1) is 11.9. The summed E-state index contributed by atoms with van der Waals surface area (Å²) in [7, 11) is 0. The van der Waals surface area contributed by atoms with E-state index < -0.39 is 17.4 Å². The average molecular weight is 342 g/mol.